The summed E-state index contributed by atoms with van der Waals surface area (Å²) in [5.41, 5.74) is 11.5. The molecule has 10 nitrogen and oxygen atoms in total. The molecule has 0 saturated carbocycles. The highest BCUT2D eigenvalue weighted by Gasteiger charge is 2.42. The van der Waals surface area contributed by atoms with Crippen molar-refractivity contribution in [1.29, 1.82) is 32.6 Å². The quantitative estimate of drug-likeness (QED) is 0.347. The lowest BCUT2D eigenvalue weighted by Crippen LogP contribution is -2.39. The molecule has 104 valence electrons. The Morgan fingerprint density at radius 3 is 2.35 bits per heavy atom. The molecule has 10 heteroatoms. The summed E-state index contributed by atoms with van der Waals surface area (Å²) in [7, 11) is 0. The van der Waals surface area contributed by atoms with Crippen molar-refractivity contribution in [3.63, 3.8) is 0 Å². The standard InChI is InChI=1S/C10H14N9O/c11-5-2-3(20-18-5)1-4-6(12)7(13)8(14)9(15)10(16)19(4)17/h3-4,12-17H,1-2H2,(H2,11,18)/q+1. The molecular formula is C10H14N9O+. The van der Waals surface area contributed by atoms with Crippen molar-refractivity contribution in [2.24, 2.45) is 10.9 Å². The van der Waals surface area contributed by atoms with Gasteiger partial charge in [0.15, 0.2) is 11.8 Å². The largest absolute Gasteiger partial charge is 0.390 e. The Bertz CT molecular complexity index is 564. The molecule has 0 aliphatic carbocycles. The zero-order chi connectivity index (χ0) is 15.0. The van der Waals surface area contributed by atoms with Crippen LogP contribution >= 0.6 is 0 Å². The number of nitrogens with zero attached hydrogens (tertiary/aromatic N) is 2. The number of nitrogens with one attached hydrogen (secondary N) is 6. The van der Waals surface area contributed by atoms with Crippen LogP contribution in [0.2, 0.25) is 0 Å². The van der Waals surface area contributed by atoms with E-state index >= 15 is 0 Å². The highest BCUT2D eigenvalue weighted by Crippen LogP contribution is 2.18. The average molecular weight is 276 g/mol. The molecule has 0 amide bonds. The van der Waals surface area contributed by atoms with E-state index in [1.54, 1.807) is 0 Å². The number of nitrogens with two attached hydrogens (primary N) is 1. The lowest BCUT2D eigenvalue weighted by Gasteiger charge is -2.16. The maximum atomic E-state index is 7.90. The molecule has 0 radical (unpaired) electrons. The van der Waals surface area contributed by atoms with Gasteiger partial charge < -0.3 is 10.6 Å². The topological polar surface area (TPSA) is 194 Å². The van der Waals surface area contributed by atoms with E-state index in [0.717, 1.165) is 0 Å². The number of hydrogen-bond acceptors (Lipinski definition) is 9. The lowest BCUT2D eigenvalue weighted by atomic mass is 9.98. The molecule has 0 bridgehead atoms. The summed E-state index contributed by atoms with van der Waals surface area (Å²) in [4.78, 5) is 5.04. The van der Waals surface area contributed by atoms with Gasteiger partial charge in [-0.15, -0.1) is 10.2 Å². The zero-order valence-corrected chi connectivity index (χ0v) is 10.4. The maximum absolute atomic E-state index is 7.90. The maximum Gasteiger partial charge on any atom is 0.363 e. The van der Waals surface area contributed by atoms with Gasteiger partial charge in [-0.25, -0.2) is 0 Å². The monoisotopic (exact) mass is 276 g/mol. The molecule has 2 atom stereocenters. The van der Waals surface area contributed by atoms with Crippen molar-refractivity contribution in [1.82, 2.24) is 0 Å². The van der Waals surface area contributed by atoms with E-state index in [0.29, 0.717) is 17.0 Å². The van der Waals surface area contributed by atoms with Crippen molar-refractivity contribution >= 4 is 34.5 Å². The normalized spacial score (nSPS) is 27.5. The van der Waals surface area contributed by atoms with E-state index in [1.165, 1.54) is 0 Å². The van der Waals surface area contributed by atoms with E-state index in [4.69, 9.17) is 43.1 Å². The first-order chi connectivity index (χ1) is 9.32. The third-order valence-electron chi connectivity index (χ3n) is 3.13. The number of oxime groups is 1. The van der Waals surface area contributed by atoms with Gasteiger partial charge in [0.05, 0.1) is 0 Å². The lowest BCUT2D eigenvalue weighted by molar-refractivity contribution is -0.527. The molecule has 2 unspecified atom stereocenters. The van der Waals surface area contributed by atoms with E-state index in [2.05, 4.69) is 5.16 Å². The zero-order valence-electron chi connectivity index (χ0n) is 10.4. The minimum Gasteiger partial charge on any atom is -0.390 e. The van der Waals surface area contributed by atoms with Gasteiger partial charge in [-0.2, -0.15) is 0 Å². The van der Waals surface area contributed by atoms with Gasteiger partial charge >= 0.3 is 5.84 Å². The fourth-order valence-corrected chi connectivity index (χ4v) is 2.00. The first-order valence-electron chi connectivity index (χ1n) is 5.75. The molecule has 2 aliphatic rings. The highest BCUT2D eigenvalue weighted by atomic mass is 16.6. The molecular weight excluding hydrogens is 262 g/mol. The van der Waals surface area contributed by atoms with Crippen LogP contribution in [-0.4, -0.2) is 51.4 Å². The van der Waals surface area contributed by atoms with Crippen LogP contribution in [0.5, 0.6) is 0 Å². The Morgan fingerprint density at radius 2 is 1.80 bits per heavy atom. The molecule has 0 aromatic rings. The van der Waals surface area contributed by atoms with Gasteiger partial charge in [-0.3, -0.25) is 21.6 Å². The Hall–Kier alpha value is -2.78. The van der Waals surface area contributed by atoms with Crippen molar-refractivity contribution in [2.45, 2.75) is 25.0 Å². The molecule has 1 fully saturated rings. The van der Waals surface area contributed by atoms with Gasteiger partial charge in [0, 0.05) is 12.8 Å². The third-order valence-corrected chi connectivity index (χ3v) is 3.13. The molecule has 0 aromatic heterocycles. The van der Waals surface area contributed by atoms with Crippen LogP contribution < -0.4 is 5.73 Å². The average Bonchev–Trinajstić information content (AvgIpc) is 2.83. The van der Waals surface area contributed by atoms with Gasteiger partial charge in [0.25, 0.3) is 0 Å². The van der Waals surface area contributed by atoms with Gasteiger partial charge in [-0.1, -0.05) is 10.6 Å². The molecule has 0 aromatic carbocycles. The van der Waals surface area contributed by atoms with Crippen molar-refractivity contribution < 1.29 is 9.53 Å². The third kappa shape index (κ3) is 2.11. The predicted molar refractivity (Wildman–Crippen MR) is 71.1 cm³/mol. The van der Waals surface area contributed by atoms with E-state index < -0.39 is 35.1 Å². The van der Waals surface area contributed by atoms with Crippen molar-refractivity contribution in [3.05, 3.63) is 0 Å². The minimum absolute atomic E-state index is 0.137. The summed E-state index contributed by atoms with van der Waals surface area (Å²) in [5, 5.41) is 42.0. The summed E-state index contributed by atoms with van der Waals surface area (Å²) < 4.78 is 0.665. The fourth-order valence-electron chi connectivity index (χ4n) is 2.00. The van der Waals surface area contributed by atoms with E-state index in [9.17, 15) is 0 Å². The Kier molecular flexibility index (Phi) is 3.22. The first-order valence-corrected chi connectivity index (χ1v) is 5.75. The van der Waals surface area contributed by atoms with Gasteiger partial charge in [0.2, 0.25) is 0 Å². The van der Waals surface area contributed by atoms with Crippen molar-refractivity contribution in [3.8, 4) is 0 Å². The summed E-state index contributed by atoms with van der Waals surface area (Å²) in [5.74, 6) is -0.198. The summed E-state index contributed by atoms with van der Waals surface area (Å²) in [6.07, 6.45) is 0.0562. The minimum atomic E-state index is -0.940. The van der Waals surface area contributed by atoms with Crippen LogP contribution in [0.4, 0.5) is 0 Å². The number of rotatable bonds is 2. The second-order valence-electron chi connectivity index (χ2n) is 4.52. The molecule has 0 spiro atoms. The number of amidine groups is 2. The van der Waals surface area contributed by atoms with E-state index in [-0.39, 0.29) is 12.1 Å². The predicted octanol–water partition coefficient (Wildman–Crippen LogP) is -0.0804. The molecule has 1 saturated heterocycles. The molecule has 2 heterocycles. The SMILES string of the molecule is N=C1C(=N)C(=N)C(CC2CC(N)=NO2)[N+](=N)C(=N)C1=N. The van der Waals surface area contributed by atoms with E-state index in [1.807, 2.05) is 0 Å². The summed E-state index contributed by atoms with van der Waals surface area (Å²) >= 11 is 0. The second kappa shape index (κ2) is 4.72. The van der Waals surface area contributed by atoms with Gasteiger partial charge in [-0.05, 0) is 0 Å². The number of hydrogen-bond donors (Lipinski definition) is 7. The molecule has 20 heavy (non-hydrogen) atoms. The summed E-state index contributed by atoms with van der Waals surface area (Å²) in [6.45, 7) is 0. The van der Waals surface area contributed by atoms with Crippen LogP contribution in [0.3, 0.4) is 0 Å². The Morgan fingerprint density at radius 1 is 1.15 bits per heavy atom. The fraction of sp³-hybridized carbons (Fsp3) is 0.400. The Labute approximate surface area is 113 Å². The second-order valence-corrected chi connectivity index (χ2v) is 4.52. The van der Waals surface area contributed by atoms with Crippen LogP contribution in [0.15, 0.2) is 5.16 Å². The van der Waals surface area contributed by atoms with Crippen LogP contribution in [0.25, 0.3) is 0 Å². The van der Waals surface area contributed by atoms with Crippen molar-refractivity contribution in [2.75, 3.05) is 0 Å². The smallest absolute Gasteiger partial charge is 0.363 e. The summed E-state index contributed by atoms with van der Waals surface area (Å²) in [6, 6.07) is -0.940. The Balaban J connectivity index is 2.26. The van der Waals surface area contributed by atoms with Crippen LogP contribution in [0.1, 0.15) is 12.8 Å². The van der Waals surface area contributed by atoms with Crippen LogP contribution in [-0.2, 0) is 4.84 Å². The first kappa shape index (κ1) is 13.6. The highest BCUT2D eigenvalue weighted by molar-refractivity contribution is 6.89. The van der Waals surface area contributed by atoms with Gasteiger partial charge in [0.1, 0.15) is 29.1 Å². The van der Waals surface area contributed by atoms with Crippen LogP contribution in [0, 0.1) is 32.6 Å². The molecule has 8 N–H and O–H groups in total. The molecule has 2 rings (SSSR count). The molecule has 2 aliphatic heterocycles.